The Morgan fingerprint density at radius 1 is 1.43 bits per heavy atom. The first-order valence-corrected chi connectivity index (χ1v) is 6.40. The Hall–Kier alpha value is -2.89. The number of nitrogens with zero attached hydrogens (tertiary/aromatic N) is 1. The molecule has 0 spiro atoms. The maximum absolute atomic E-state index is 11.7. The van der Waals surface area contributed by atoms with Gasteiger partial charge in [0, 0.05) is 23.4 Å². The first-order valence-electron chi connectivity index (χ1n) is 6.40. The summed E-state index contributed by atoms with van der Waals surface area (Å²) in [6, 6.07) is 8.07. The first kappa shape index (κ1) is 14.5. The summed E-state index contributed by atoms with van der Waals surface area (Å²) in [6.45, 7) is 1.84. The molecule has 2 rings (SSSR count). The summed E-state index contributed by atoms with van der Waals surface area (Å²) in [5.74, 6) is 0.169. The van der Waals surface area contributed by atoms with Crippen molar-refractivity contribution >= 4 is 23.4 Å². The normalized spacial score (nSPS) is 10.7. The van der Waals surface area contributed by atoms with Crippen molar-refractivity contribution in [2.45, 2.75) is 13.3 Å². The molecule has 1 aromatic carbocycles. The Morgan fingerprint density at radius 3 is 2.86 bits per heavy atom. The van der Waals surface area contributed by atoms with Crippen molar-refractivity contribution in [2.75, 3.05) is 5.32 Å². The van der Waals surface area contributed by atoms with Gasteiger partial charge in [-0.2, -0.15) is 0 Å². The van der Waals surface area contributed by atoms with Crippen LogP contribution in [0.5, 0.6) is 0 Å². The monoisotopic (exact) mass is 286 g/mol. The average Bonchev–Trinajstić information content (AvgIpc) is 2.98. The standard InChI is InChI=1S/C15H14N2O4/c1-2-11-5-6-12(10-14(11)17(19)20)16-15(18)8-7-13-4-3-9-21-13/h3-10H,2H2,1H3,(H,16,18)/b8-7+. The molecule has 1 N–H and O–H groups in total. The highest BCUT2D eigenvalue weighted by Crippen LogP contribution is 2.23. The van der Waals surface area contributed by atoms with Crippen LogP contribution in [0.15, 0.2) is 47.1 Å². The molecule has 1 aromatic heterocycles. The van der Waals surface area contributed by atoms with Crippen LogP contribution >= 0.6 is 0 Å². The van der Waals surface area contributed by atoms with Gasteiger partial charge in [0.25, 0.3) is 5.69 Å². The molecular weight excluding hydrogens is 272 g/mol. The number of anilines is 1. The molecule has 0 aliphatic heterocycles. The molecule has 0 aliphatic rings. The summed E-state index contributed by atoms with van der Waals surface area (Å²) in [7, 11) is 0. The largest absolute Gasteiger partial charge is 0.465 e. The molecule has 0 unspecified atom stereocenters. The fourth-order valence-corrected chi connectivity index (χ4v) is 1.84. The number of hydrogen-bond donors (Lipinski definition) is 1. The zero-order valence-electron chi connectivity index (χ0n) is 11.4. The predicted molar refractivity (Wildman–Crippen MR) is 78.8 cm³/mol. The van der Waals surface area contributed by atoms with Crippen molar-refractivity contribution in [2.24, 2.45) is 0 Å². The van der Waals surface area contributed by atoms with E-state index in [4.69, 9.17) is 4.42 Å². The van der Waals surface area contributed by atoms with Crippen LogP contribution in [-0.4, -0.2) is 10.8 Å². The molecule has 0 saturated heterocycles. The first-order chi connectivity index (χ1) is 10.1. The number of carbonyl (C=O) groups excluding carboxylic acids is 1. The molecule has 6 nitrogen and oxygen atoms in total. The zero-order chi connectivity index (χ0) is 15.2. The SMILES string of the molecule is CCc1ccc(NC(=O)/C=C/c2ccco2)cc1[N+](=O)[O-]. The molecule has 0 radical (unpaired) electrons. The number of furan rings is 1. The lowest BCUT2D eigenvalue weighted by molar-refractivity contribution is -0.385. The second kappa shape index (κ2) is 6.51. The highest BCUT2D eigenvalue weighted by atomic mass is 16.6. The topological polar surface area (TPSA) is 85.4 Å². The number of nitro benzene ring substituents is 1. The van der Waals surface area contributed by atoms with E-state index in [1.807, 2.05) is 6.92 Å². The van der Waals surface area contributed by atoms with Crippen molar-refractivity contribution in [3.8, 4) is 0 Å². The van der Waals surface area contributed by atoms with E-state index in [-0.39, 0.29) is 11.6 Å². The molecule has 0 atom stereocenters. The van der Waals surface area contributed by atoms with Crippen LogP contribution in [0.4, 0.5) is 11.4 Å². The van der Waals surface area contributed by atoms with E-state index < -0.39 is 4.92 Å². The lowest BCUT2D eigenvalue weighted by Gasteiger charge is -2.04. The number of nitrogens with one attached hydrogen (secondary N) is 1. The van der Waals surface area contributed by atoms with E-state index in [0.29, 0.717) is 23.4 Å². The molecule has 2 aromatic rings. The molecule has 0 aliphatic carbocycles. The van der Waals surface area contributed by atoms with Gasteiger partial charge in [-0.25, -0.2) is 0 Å². The third kappa shape index (κ3) is 3.79. The highest BCUT2D eigenvalue weighted by Gasteiger charge is 2.13. The summed E-state index contributed by atoms with van der Waals surface area (Å²) >= 11 is 0. The Kier molecular flexibility index (Phi) is 4.50. The number of rotatable bonds is 5. The molecule has 0 saturated carbocycles. The summed E-state index contributed by atoms with van der Waals surface area (Å²) in [5, 5.41) is 13.5. The fourth-order valence-electron chi connectivity index (χ4n) is 1.84. The number of hydrogen-bond acceptors (Lipinski definition) is 4. The molecule has 21 heavy (non-hydrogen) atoms. The Labute approximate surface area is 121 Å². The van der Waals surface area contributed by atoms with Gasteiger partial charge >= 0.3 is 0 Å². The van der Waals surface area contributed by atoms with E-state index >= 15 is 0 Å². The van der Waals surface area contributed by atoms with E-state index in [1.165, 1.54) is 24.5 Å². The number of carbonyl (C=O) groups is 1. The summed E-state index contributed by atoms with van der Waals surface area (Å²) in [5.41, 5.74) is 1.02. The van der Waals surface area contributed by atoms with Crippen LogP contribution in [-0.2, 0) is 11.2 Å². The molecule has 1 heterocycles. The van der Waals surface area contributed by atoms with Gasteiger partial charge in [0.05, 0.1) is 11.2 Å². The van der Waals surface area contributed by atoms with Gasteiger partial charge in [-0.05, 0) is 30.7 Å². The molecule has 0 fully saturated rings. The van der Waals surface area contributed by atoms with Gasteiger partial charge in [0.15, 0.2) is 0 Å². The maximum Gasteiger partial charge on any atom is 0.274 e. The van der Waals surface area contributed by atoms with Crippen molar-refractivity contribution in [3.05, 3.63) is 64.1 Å². The van der Waals surface area contributed by atoms with Gasteiger partial charge < -0.3 is 9.73 Å². The van der Waals surface area contributed by atoms with Gasteiger partial charge in [-0.3, -0.25) is 14.9 Å². The van der Waals surface area contributed by atoms with Crippen LogP contribution in [0.2, 0.25) is 0 Å². The van der Waals surface area contributed by atoms with Crippen molar-refractivity contribution < 1.29 is 14.1 Å². The highest BCUT2D eigenvalue weighted by molar-refractivity contribution is 6.01. The van der Waals surface area contributed by atoms with Crippen LogP contribution in [0.25, 0.3) is 6.08 Å². The Balaban J connectivity index is 2.10. The van der Waals surface area contributed by atoms with E-state index in [2.05, 4.69) is 5.32 Å². The molecule has 108 valence electrons. The number of benzene rings is 1. The van der Waals surface area contributed by atoms with E-state index in [9.17, 15) is 14.9 Å². The van der Waals surface area contributed by atoms with Crippen molar-refractivity contribution in [1.29, 1.82) is 0 Å². The minimum atomic E-state index is -0.451. The van der Waals surface area contributed by atoms with Crippen molar-refractivity contribution in [1.82, 2.24) is 0 Å². The Morgan fingerprint density at radius 2 is 2.24 bits per heavy atom. The summed E-state index contributed by atoms with van der Waals surface area (Å²) < 4.78 is 5.06. The molecular formula is C15H14N2O4. The predicted octanol–water partition coefficient (Wildman–Crippen LogP) is 3.40. The molecule has 1 amide bonds. The third-order valence-corrected chi connectivity index (χ3v) is 2.87. The van der Waals surface area contributed by atoms with Crippen molar-refractivity contribution in [3.63, 3.8) is 0 Å². The van der Waals surface area contributed by atoms with Gasteiger partial charge in [0.1, 0.15) is 5.76 Å². The smallest absolute Gasteiger partial charge is 0.274 e. The van der Waals surface area contributed by atoms with Gasteiger partial charge in [-0.1, -0.05) is 13.0 Å². The fraction of sp³-hybridized carbons (Fsp3) is 0.133. The maximum atomic E-state index is 11.7. The van der Waals surface area contributed by atoms with E-state index in [1.54, 1.807) is 24.3 Å². The van der Waals surface area contributed by atoms with Crippen LogP contribution < -0.4 is 5.32 Å². The third-order valence-electron chi connectivity index (χ3n) is 2.87. The van der Waals surface area contributed by atoms with Gasteiger partial charge in [-0.15, -0.1) is 0 Å². The lowest BCUT2D eigenvalue weighted by Crippen LogP contribution is -2.08. The molecule has 0 bridgehead atoms. The molecule has 6 heteroatoms. The lowest BCUT2D eigenvalue weighted by atomic mass is 10.1. The van der Waals surface area contributed by atoms with E-state index in [0.717, 1.165) is 0 Å². The summed E-state index contributed by atoms with van der Waals surface area (Å²) in [4.78, 5) is 22.2. The van der Waals surface area contributed by atoms with Crippen LogP contribution in [0.1, 0.15) is 18.2 Å². The number of aryl methyl sites for hydroxylation is 1. The van der Waals surface area contributed by atoms with Crippen LogP contribution in [0.3, 0.4) is 0 Å². The quantitative estimate of drug-likeness (QED) is 0.518. The number of amides is 1. The summed E-state index contributed by atoms with van der Waals surface area (Å²) in [6.07, 6.45) is 4.88. The minimum Gasteiger partial charge on any atom is -0.465 e. The minimum absolute atomic E-state index is 0.00492. The van der Waals surface area contributed by atoms with Gasteiger partial charge in [0.2, 0.25) is 5.91 Å². The van der Waals surface area contributed by atoms with Crippen LogP contribution in [0, 0.1) is 10.1 Å². The second-order valence-corrected chi connectivity index (χ2v) is 4.29. The number of nitro groups is 1. The zero-order valence-corrected chi connectivity index (χ0v) is 11.4. The Bertz CT molecular complexity index is 675. The second-order valence-electron chi connectivity index (χ2n) is 4.29. The average molecular weight is 286 g/mol.